The highest BCUT2D eigenvalue weighted by atomic mass is 79.9. The van der Waals surface area contributed by atoms with Crippen LogP contribution in [-0.4, -0.2) is 18.9 Å². The molecule has 1 amide bonds. The summed E-state index contributed by atoms with van der Waals surface area (Å²) in [6, 6.07) is 7.74. The molecule has 86 valence electrons. The van der Waals surface area contributed by atoms with Gasteiger partial charge < -0.3 is 4.74 Å². The smallest absolute Gasteiger partial charge is 0.427 e. The van der Waals surface area contributed by atoms with E-state index in [1.165, 1.54) is 7.11 Å². The summed E-state index contributed by atoms with van der Waals surface area (Å²) in [4.78, 5) is 10.9. The second kappa shape index (κ2) is 6.27. The number of nitrogens with zero attached hydrogens (tertiary/aromatic N) is 1. The average molecular weight is 285 g/mol. The average Bonchev–Trinajstić information content (AvgIpc) is 2.29. The van der Waals surface area contributed by atoms with Gasteiger partial charge in [-0.15, -0.1) is 0 Å². The van der Waals surface area contributed by atoms with Crippen molar-refractivity contribution in [3.8, 4) is 0 Å². The van der Waals surface area contributed by atoms with Crippen molar-refractivity contribution in [3.05, 3.63) is 34.3 Å². The van der Waals surface area contributed by atoms with E-state index in [4.69, 9.17) is 0 Å². The molecule has 0 aromatic heterocycles. The molecule has 1 rings (SSSR count). The third-order valence-corrected chi connectivity index (χ3v) is 2.45. The molecule has 0 saturated heterocycles. The second-order valence-corrected chi connectivity index (χ2v) is 3.94. The Hall–Kier alpha value is -1.36. The maximum absolute atomic E-state index is 10.9. The van der Waals surface area contributed by atoms with Crippen molar-refractivity contribution in [2.24, 2.45) is 5.10 Å². The lowest BCUT2D eigenvalue weighted by molar-refractivity contribution is 0.171. The van der Waals surface area contributed by atoms with Gasteiger partial charge in [-0.3, -0.25) is 0 Å². The predicted octanol–water partition coefficient (Wildman–Crippen LogP) is 2.92. The number of amides is 1. The Morgan fingerprint density at radius 3 is 2.88 bits per heavy atom. The molecule has 1 aromatic rings. The van der Waals surface area contributed by atoms with Crippen LogP contribution in [0.4, 0.5) is 4.79 Å². The highest BCUT2D eigenvalue weighted by Gasteiger charge is 2.03. The summed E-state index contributed by atoms with van der Waals surface area (Å²) < 4.78 is 5.41. The first-order valence-electron chi connectivity index (χ1n) is 4.83. The number of benzene rings is 1. The summed E-state index contributed by atoms with van der Waals surface area (Å²) in [7, 11) is 1.30. The number of halogens is 1. The van der Waals surface area contributed by atoms with E-state index in [0.717, 1.165) is 22.2 Å². The van der Waals surface area contributed by atoms with Crippen LogP contribution in [0.2, 0.25) is 0 Å². The van der Waals surface area contributed by atoms with Gasteiger partial charge in [0, 0.05) is 4.47 Å². The number of methoxy groups -OCH3 is 1. The van der Waals surface area contributed by atoms with Gasteiger partial charge in [0.05, 0.1) is 12.8 Å². The van der Waals surface area contributed by atoms with E-state index in [1.54, 1.807) is 0 Å². The topological polar surface area (TPSA) is 50.7 Å². The molecular weight excluding hydrogens is 272 g/mol. The van der Waals surface area contributed by atoms with Gasteiger partial charge in [0.1, 0.15) is 0 Å². The number of carbonyl (C=O) groups excluding carboxylic acids is 1. The molecule has 0 aliphatic carbocycles. The summed E-state index contributed by atoms with van der Waals surface area (Å²) in [5, 5.41) is 4.00. The predicted molar refractivity (Wildman–Crippen MR) is 66.5 cm³/mol. The molecule has 0 atom stereocenters. The van der Waals surface area contributed by atoms with Gasteiger partial charge in [-0.1, -0.05) is 35.0 Å². The van der Waals surface area contributed by atoms with Crippen LogP contribution in [-0.2, 0) is 4.74 Å². The van der Waals surface area contributed by atoms with Crippen molar-refractivity contribution in [3.63, 3.8) is 0 Å². The molecule has 4 nitrogen and oxygen atoms in total. The fourth-order valence-corrected chi connectivity index (χ4v) is 1.57. The van der Waals surface area contributed by atoms with Crippen LogP contribution in [0.15, 0.2) is 33.8 Å². The van der Waals surface area contributed by atoms with Crippen LogP contribution in [0.3, 0.4) is 0 Å². The number of rotatable bonds is 3. The first kappa shape index (κ1) is 12.7. The van der Waals surface area contributed by atoms with Crippen LogP contribution >= 0.6 is 15.9 Å². The van der Waals surface area contributed by atoms with Crippen LogP contribution in [0.5, 0.6) is 0 Å². The Kier molecular flexibility index (Phi) is 4.98. The van der Waals surface area contributed by atoms with Gasteiger partial charge in [-0.05, 0) is 24.1 Å². The summed E-state index contributed by atoms with van der Waals surface area (Å²) in [5.41, 5.74) is 4.08. The van der Waals surface area contributed by atoms with E-state index < -0.39 is 6.09 Å². The van der Waals surface area contributed by atoms with E-state index in [9.17, 15) is 4.79 Å². The number of hydrogen-bond donors (Lipinski definition) is 1. The first-order chi connectivity index (χ1) is 7.67. The molecule has 1 aromatic carbocycles. The summed E-state index contributed by atoms with van der Waals surface area (Å²) in [6.07, 6.45) is 0.154. The largest absolute Gasteiger partial charge is 0.452 e. The maximum Gasteiger partial charge on any atom is 0.427 e. The van der Waals surface area contributed by atoms with Gasteiger partial charge >= 0.3 is 6.09 Å². The molecule has 0 saturated carbocycles. The number of hydrazone groups is 1. The molecule has 1 N–H and O–H groups in total. The van der Waals surface area contributed by atoms with Crippen molar-refractivity contribution in [1.82, 2.24) is 5.43 Å². The van der Waals surface area contributed by atoms with Crippen LogP contribution in [0.1, 0.15) is 18.9 Å². The Bertz CT molecular complexity index is 405. The van der Waals surface area contributed by atoms with Crippen LogP contribution < -0.4 is 5.43 Å². The molecule has 16 heavy (non-hydrogen) atoms. The monoisotopic (exact) mass is 284 g/mol. The van der Waals surface area contributed by atoms with E-state index >= 15 is 0 Å². The highest BCUT2D eigenvalue weighted by Crippen LogP contribution is 2.13. The highest BCUT2D eigenvalue weighted by molar-refractivity contribution is 9.10. The molecule has 0 aliphatic heterocycles. The fraction of sp³-hybridized carbons (Fsp3) is 0.273. The van der Waals surface area contributed by atoms with Crippen molar-refractivity contribution in [2.45, 2.75) is 13.3 Å². The van der Waals surface area contributed by atoms with Crippen LogP contribution in [0.25, 0.3) is 0 Å². The van der Waals surface area contributed by atoms with Gasteiger partial charge in [-0.2, -0.15) is 5.10 Å². The minimum atomic E-state index is -0.569. The summed E-state index contributed by atoms with van der Waals surface area (Å²) >= 11 is 3.39. The SMILES string of the molecule is CC/C(=N/NC(=O)OC)c1cccc(Br)c1. The molecule has 0 unspecified atom stereocenters. The first-order valence-corrected chi connectivity index (χ1v) is 5.63. The molecule has 0 aliphatic rings. The third-order valence-electron chi connectivity index (χ3n) is 1.96. The maximum atomic E-state index is 10.9. The number of nitrogens with one attached hydrogen (secondary N) is 1. The normalized spacial score (nSPS) is 11.1. The fourth-order valence-electron chi connectivity index (χ4n) is 1.17. The lowest BCUT2D eigenvalue weighted by Crippen LogP contribution is -2.19. The minimum Gasteiger partial charge on any atom is -0.452 e. The Labute approximate surface area is 103 Å². The Morgan fingerprint density at radius 2 is 2.31 bits per heavy atom. The van der Waals surface area contributed by atoms with E-state index in [1.807, 2.05) is 31.2 Å². The molecule has 0 spiro atoms. The number of hydrogen-bond acceptors (Lipinski definition) is 3. The van der Waals surface area contributed by atoms with Crippen molar-refractivity contribution >= 4 is 27.7 Å². The van der Waals surface area contributed by atoms with Crippen LogP contribution in [0, 0.1) is 0 Å². The van der Waals surface area contributed by atoms with Gasteiger partial charge in [0.15, 0.2) is 0 Å². The van der Waals surface area contributed by atoms with Gasteiger partial charge in [0.2, 0.25) is 0 Å². The number of ether oxygens (including phenoxy) is 1. The summed E-state index contributed by atoms with van der Waals surface area (Å²) in [6.45, 7) is 1.97. The Morgan fingerprint density at radius 1 is 1.56 bits per heavy atom. The van der Waals surface area contributed by atoms with E-state index in [0.29, 0.717) is 0 Å². The lowest BCUT2D eigenvalue weighted by Gasteiger charge is -2.04. The van der Waals surface area contributed by atoms with Gasteiger partial charge in [-0.25, -0.2) is 10.2 Å². The molecule has 5 heteroatoms. The standard InChI is InChI=1S/C11H13BrN2O2/c1-3-10(13-14-11(15)16-2)8-5-4-6-9(12)7-8/h4-7H,3H2,1-2H3,(H,14,15)/b13-10-. The second-order valence-electron chi connectivity index (χ2n) is 3.03. The zero-order chi connectivity index (χ0) is 12.0. The van der Waals surface area contributed by atoms with Crippen molar-refractivity contribution < 1.29 is 9.53 Å². The Balaban J connectivity index is 2.85. The quantitative estimate of drug-likeness (QED) is 0.685. The summed E-state index contributed by atoms with van der Waals surface area (Å²) in [5.74, 6) is 0. The van der Waals surface area contributed by atoms with Gasteiger partial charge in [0.25, 0.3) is 0 Å². The number of carbonyl (C=O) groups is 1. The molecule has 0 bridgehead atoms. The zero-order valence-electron chi connectivity index (χ0n) is 9.16. The zero-order valence-corrected chi connectivity index (χ0v) is 10.7. The third kappa shape index (κ3) is 3.66. The minimum absolute atomic E-state index is 0.569. The molecule has 0 radical (unpaired) electrons. The molecular formula is C11H13BrN2O2. The van der Waals surface area contributed by atoms with E-state index in [-0.39, 0.29) is 0 Å². The molecule has 0 heterocycles. The van der Waals surface area contributed by atoms with Crippen molar-refractivity contribution in [1.29, 1.82) is 0 Å². The van der Waals surface area contributed by atoms with Crippen molar-refractivity contribution in [2.75, 3.05) is 7.11 Å². The lowest BCUT2D eigenvalue weighted by atomic mass is 10.1. The molecule has 0 fully saturated rings. The van der Waals surface area contributed by atoms with E-state index in [2.05, 4.69) is 31.2 Å².